The predicted molar refractivity (Wildman–Crippen MR) is 168 cm³/mol. The highest BCUT2D eigenvalue weighted by atomic mass is 32.2. The monoisotopic (exact) mass is 595 g/mol. The van der Waals surface area contributed by atoms with Crippen LogP contribution in [-0.2, 0) is 21.0 Å². The number of rotatable bonds is 7. The molecule has 2 heterocycles. The van der Waals surface area contributed by atoms with Crippen molar-refractivity contribution in [1.82, 2.24) is 20.5 Å². The van der Waals surface area contributed by atoms with Crippen molar-refractivity contribution in [2.75, 3.05) is 28.4 Å². The molecule has 0 aliphatic carbocycles. The molecule has 1 amide bonds. The van der Waals surface area contributed by atoms with E-state index in [0.717, 1.165) is 40.3 Å². The van der Waals surface area contributed by atoms with E-state index in [1.165, 1.54) is 7.11 Å². The van der Waals surface area contributed by atoms with Crippen molar-refractivity contribution in [2.24, 2.45) is 0 Å². The molecular weight excluding hydrogens is 554 g/mol. The number of anilines is 3. The Balaban J connectivity index is 1.68. The molecule has 11 nitrogen and oxygen atoms in total. The molecule has 0 saturated carbocycles. The average Bonchev–Trinajstić information content (AvgIpc) is 3.49. The number of sulfonamides is 1. The molecule has 1 aromatic heterocycles. The van der Waals surface area contributed by atoms with Gasteiger partial charge in [0.1, 0.15) is 5.82 Å². The summed E-state index contributed by atoms with van der Waals surface area (Å²) in [5, 5.41) is 4.76. The summed E-state index contributed by atoms with van der Waals surface area (Å²) in [6, 6.07) is 8.95. The first-order valence-corrected chi connectivity index (χ1v) is 15.5. The number of hydrazine groups is 2. The van der Waals surface area contributed by atoms with Gasteiger partial charge in [-0.15, -0.1) is 5.53 Å². The second kappa shape index (κ2) is 11.0. The third-order valence-corrected chi connectivity index (χ3v) is 7.48. The minimum Gasteiger partial charge on any atom is -0.492 e. The first kappa shape index (κ1) is 30.9. The number of nitrogens with one attached hydrogen (secondary N) is 4. The maximum Gasteiger partial charge on any atom is 0.255 e. The first-order chi connectivity index (χ1) is 19.4. The molecule has 3 aromatic rings. The fraction of sp³-hybridized carbons (Fsp3) is 0.400. The SMILES string of the molecule is COc1c(NC(=O)c2ccc(C)c(N3C=C(c4cnc(C)n4C(C)(C)C)NN3)c2)cc(C(C)(C)C)cc1NS(C)(=O)=O. The second-order valence-corrected chi connectivity index (χ2v) is 14.3. The Morgan fingerprint density at radius 3 is 2.29 bits per heavy atom. The van der Waals surface area contributed by atoms with E-state index in [9.17, 15) is 13.2 Å². The molecule has 4 rings (SSSR count). The molecule has 0 radical (unpaired) electrons. The Labute approximate surface area is 248 Å². The summed E-state index contributed by atoms with van der Waals surface area (Å²) in [6.07, 6.45) is 4.84. The minimum atomic E-state index is -3.60. The maximum atomic E-state index is 13.6. The summed E-state index contributed by atoms with van der Waals surface area (Å²) >= 11 is 0. The third-order valence-electron chi connectivity index (χ3n) is 6.89. The normalized spacial score (nSPS) is 14.0. The highest BCUT2D eigenvalue weighted by molar-refractivity contribution is 7.92. The summed E-state index contributed by atoms with van der Waals surface area (Å²) in [5.74, 6) is 0.760. The van der Waals surface area contributed by atoms with Gasteiger partial charge in [-0.1, -0.05) is 26.8 Å². The van der Waals surface area contributed by atoms with Crippen LogP contribution in [0.5, 0.6) is 5.75 Å². The fourth-order valence-electron chi connectivity index (χ4n) is 4.91. The Morgan fingerprint density at radius 1 is 1.02 bits per heavy atom. The number of nitrogens with zero attached hydrogens (tertiary/aromatic N) is 3. The molecule has 0 fully saturated rings. The van der Waals surface area contributed by atoms with Gasteiger partial charge in [-0.3, -0.25) is 20.0 Å². The quantitative estimate of drug-likeness (QED) is 0.300. The average molecular weight is 596 g/mol. The van der Waals surface area contributed by atoms with Crippen molar-refractivity contribution in [3.8, 4) is 5.75 Å². The summed E-state index contributed by atoms with van der Waals surface area (Å²) in [5.41, 5.74) is 11.3. The van der Waals surface area contributed by atoms with Crippen molar-refractivity contribution in [1.29, 1.82) is 0 Å². The number of ether oxygens (including phenoxy) is 1. The van der Waals surface area contributed by atoms with Crippen LogP contribution < -0.4 is 30.7 Å². The number of hydrogen-bond acceptors (Lipinski definition) is 8. The van der Waals surface area contributed by atoms with Gasteiger partial charge in [-0.25, -0.2) is 13.4 Å². The second-order valence-electron chi connectivity index (χ2n) is 12.5. The Kier molecular flexibility index (Phi) is 8.09. The molecule has 0 saturated heterocycles. The zero-order valence-corrected chi connectivity index (χ0v) is 26.7. The third kappa shape index (κ3) is 6.55. The lowest BCUT2D eigenvalue weighted by atomic mass is 9.86. The molecule has 4 N–H and O–H groups in total. The minimum absolute atomic E-state index is 0.165. The summed E-state index contributed by atoms with van der Waals surface area (Å²) in [7, 11) is -2.16. The van der Waals surface area contributed by atoms with Crippen LogP contribution in [0.3, 0.4) is 0 Å². The van der Waals surface area contributed by atoms with Crippen LogP contribution in [0.4, 0.5) is 17.1 Å². The fourth-order valence-corrected chi connectivity index (χ4v) is 5.46. The van der Waals surface area contributed by atoms with Gasteiger partial charge in [-0.2, -0.15) is 0 Å². The van der Waals surface area contributed by atoms with E-state index >= 15 is 0 Å². The van der Waals surface area contributed by atoms with Crippen LogP contribution in [0.15, 0.2) is 42.7 Å². The van der Waals surface area contributed by atoms with Gasteiger partial charge in [0.15, 0.2) is 5.75 Å². The van der Waals surface area contributed by atoms with Crippen LogP contribution in [0, 0.1) is 13.8 Å². The Hall–Kier alpha value is -4.03. The van der Waals surface area contributed by atoms with E-state index < -0.39 is 10.0 Å². The van der Waals surface area contributed by atoms with Crippen LogP contribution in [0.1, 0.15) is 74.5 Å². The maximum absolute atomic E-state index is 13.6. The lowest BCUT2D eigenvalue weighted by Crippen LogP contribution is -2.37. The van der Waals surface area contributed by atoms with E-state index in [2.05, 4.69) is 51.3 Å². The summed E-state index contributed by atoms with van der Waals surface area (Å²) < 4.78 is 34.4. The van der Waals surface area contributed by atoms with E-state index in [1.807, 2.05) is 58.1 Å². The largest absolute Gasteiger partial charge is 0.492 e. The molecule has 0 atom stereocenters. The Bertz CT molecular complexity index is 1660. The van der Waals surface area contributed by atoms with Gasteiger partial charge < -0.3 is 14.6 Å². The number of hydrogen-bond donors (Lipinski definition) is 4. The first-order valence-electron chi connectivity index (χ1n) is 13.6. The molecule has 12 heteroatoms. The molecule has 42 heavy (non-hydrogen) atoms. The molecule has 226 valence electrons. The number of carbonyl (C=O) groups excluding carboxylic acids is 1. The van der Waals surface area contributed by atoms with E-state index in [1.54, 1.807) is 24.3 Å². The molecule has 1 aliphatic rings. The number of amides is 1. The topological polar surface area (TPSA) is 130 Å². The van der Waals surface area contributed by atoms with Gasteiger partial charge in [0.2, 0.25) is 10.0 Å². The lowest BCUT2D eigenvalue weighted by Gasteiger charge is -2.25. The van der Waals surface area contributed by atoms with Crippen LogP contribution in [0.2, 0.25) is 0 Å². The van der Waals surface area contributed by atoms with Crippen LogP contribution >= 0.6 is 0 Å². The number of imidazole rings is 1. The lowest BCUT2D eigenvalue weighted by molar-refractivity contribution is 0.102. The van der Waals surface area contributed by atoms with Gasteiger partial charge >= 0.3 is 0 Å². The molecule has 1 aliphatic heterocycles. The molecule has 0 unspecified atom stereocenters. The smallest absolute Gasteiger partial charge is 0.255 e. The van der Waals surface area contributed by atoms with Crippen molar-refractivity contribution >= 4 is 38.7 Å². The Morgan fingerprint density at radius 2 is 1.69 bits per heavy atom. The highest BCUT2D eigenvalue weighted by Crippen LogP contribution is 2.39. The molecule has 0 spiro atoms. The van der Waals surface area contributed by atoms with Crippen molar-refractivity contribution in [3.63, 3.8) is 0 Å². The summed E-state index contributed by atoms with van der Waals surface area (Å²) in [4.78, 5) is 18.1. The number of carbonyl (C=O) groups is 1. The van der Waals surface area contributed by atoms with Gasteiger partial charge in [0.25, 0.3) is 5.91 Å². The molecule has 0 bridgehead atoms. The van der Waals surface area contributed by atoms with Gasteiger partial charge in [0.05, 0.1) is 54.2 Å². The van der Waals surface area contributed by atoms with Crippen LogP contribution in [0.25, 0.3) is 5.70 Å². The summed E-state index contributed by atoms with van der Waals surface area (Å²) in [6.45, 7) is 16.4. The number of methoxy groups -OCH3 is 1. The van der Waals surface area contributed by atoms with Crippen molar-refractivity contribution in [3.05, 3.63) is 70.9 Å². The van der Waals surface area contributed by atoms with Crippen molar-refractivity contribution < 1.29 is 17.9 Å². The number of aromatic nitrogens is 2. The van der Waals surface area contributed by atoms with E-state index in [-0.39, 0.29) is 28.3 Å². The molecular formula is C30H41N7O4S. The zero-order valence-electron chi connectivity index (χ0n) is 25.9. The highest BCUT2D eigenvalue weighted by Gasteiger charge is 2.26. The van der Waals surface area contributed by atoms with E-state index in [4.69, 9.17) is 4.74 Å². The zero-order chi connectivity index (χ0) is 31.2. The van der Waals surface area contributed by atoms with Crippen molar-refractivity contribution in [2.45, 2.75) is 66.3 Å². The standard InChI is InChI=1S/C30H41N7O4S/c1-18-11-12-20(13-25(18)36-17-24(33-35-36)26-16-31-19(2)37(26)30(6,7)8)28(38)32-22-14-21(29(3,4)5)15-23(27(22)41-9)34-42(10,39)40/h11-17,33-35H,1-10H3,(H,32,38). The number of benzene rings is 2. The molecule has 2 aromatic carbocycles. The van der Waals surface area contributed by atoms with Gasteiger partial charge in [-0.05, 0) is 75.4 Å². The predicted octanol–water partition coefficient (Wildman–Crippen LogP) is 5.01. The van der Waals surface area contributed by atoms with E-state index in [0.29, 0.717) is 11.3 Å². The van der Waals surface area contributed by atoms with Crippen LogP contribution in [-0.4, -0.2) is 37.2 Å². The van der Waals surface area contributed by atoms with Gasteiger partial charge in [0, 0.05) is 11.1 Å². The number of aryl methyl sites for hydroxylation is 2.